The van der Waals surface area contributed by atoms with Gasteiger partial charge >= 0.3 is 0 Å². The predicted molar refractivity (Wildman–Crippen MR) is 71.4 cm³/mol. The monoisotopic (exact) mass is 350 g/mol. The van der Waals surface area contributed by atoms with Gasteiger partial charge in [0.05, 0.1) is 0 Å². The van der Waals surface area contributed by atoms with Gasteiger partial charge in [0.15, 0.2) is 0 Å². The van der Waals surface area contributed by atoms with Crippen LogP contribution < -0.4 is 0 Å². The molecule has 0 aliphatic rings. The summed E-state index contributed by atoms with van der Waals surface area (Å²) in [7, 11) is -9.65. The number of benzene rings is 2. The number of rotatable bonds is 3. The SMILES string of the molecule is O=S(=O)(O)c1cc(-c2ccc(F)c(S(=O)(=O)O)c2)ccc1F. The summed E-state index contributed by atoms with van der Waals surface area (Å²) in [4.78, 5) is -2.02. The molecule has 0 amide bonds. The van der Waals surface area contributed by atoms with E-state index in [2.05, 4.69) is 0 Å². The molecule has 0 saturated carbocycles. The Hall–Kier alpha value is -1.88. The van der Waals surface area contributed by atoms with Gasteiger partial charge in [-0.3, -0.25) is 9.11 Å². The van der Waals surface area contributed by atoms with Crippen LogP contribution in [0.4, 0.5) is 8.78 Å². The maximum atomic E-state index is 13.4. The van der Waals surface area contributed by atoms with Crippen LogP contribution in [0.15, 0.2) is 46.2 Å². The van der Waals surface area contributed by atoms with Crippen molar-refractivity contribution in [2.45, 2.75) is 9.79 Å². The minimum absolute atomic E-state index is 0.000995. The highest BCUT2D eigenvalue weighted by molar-refractivity contribution is 7.86. The minimum Gasteiger partial charge on any atom is -0.282 e. The van der Waals surface area contributed by atoms with Crippen molar-refractivity contribution in [3.8, 4) is 11.1 Å². The molecule has 0 atom stereocenters. The van der Waals surface area contributed by atoms with E-state index in [1.165, 1.54) is 0 Å². The van der Waals surface area contributed by atoms with E-state index in [-0.39, 0.29) is 11.1 Å². The summed E-state index contributed by atoms with van der Waals surface area (Å²) in [6.07, 6.45) is 0. The van der Waals surface area contributed by atoms with Crippen molar-refractivity contribution in [3.05, 3.63) is 48.0 Å². The number of hydrogen-bond acceptors (Lipinski definition) is 4. The summed E-state index contributed by atoms with van der Waals surface area (Å²) in [6.45, 7) is 0. The average Bonchev–Trinajstić information content (AvgIpc) is 2.37. The lowest BCUT2D eigenvalue weighted by atomic mass is 10.1. The third-order valence-electron chi connectivity index (χ3n) is 2.75. The zero-order valence-electron chi connectivity index (χ0n) is 10.6. The number of hydrogen-bond donors (Lipinski definition) is 2. The summed E-state index contributed by atoms with van der Waals surface area (Å²) in [5, 5.41) is 0. The van der Waals surface area contributed by atoms with Crippen LogP contribution in [0.25, 0.3) is 11.1 Å². The van der Waals surface area contributed by atoms with Crippen molar-refractivity contribution in [3.63, 3.8) is 0 Å². The molecule has 0 aliphatic carbocycles. The Bertz CT molecular complexity index is 872. The van der Waals surface area contributed by atoms with Crippen LogP contribution in [0.3, 0.4) is 0 Å². The molecule has 2 rings (SSSR count). The topological polar surface area (TPSA) is 109 Å². The molecule has 10 heteroatoms. The van der Waals surface area contributed by atoms with Gasteiger partial charge in [-0.15, -0.1) is 0 Å². The van der Waals surface area contributed by atoms with Crippen LogP contribution in [0.2, 0.25) is 0 Å². The Morgan fingerprint density at radius 1 is 0.682 bits per heavy atom. The maximum absolute atomic E-state index is 13.4. The molecule has 2 aromatic rings. The molecule has 22 heavy (non-hydrogen) atoms. The summed E-state index contributed by atoms with van der Waals surface area (Å²) >= 11 is 0. The van der Waals surface area contributed by atoms with E-state index in [9.17, 15) is 25.6 Å². The van der Waals surface area contributed by atoms with Crippen molar-refractivity contribution in [1.82, 2.24) is 0 Å². The molecule has 0 fully saturated rings. The quantitative estimate of drug-likeness (QED) is 0.821. The largest absolute Gasteiger partial charge is 0.297 e. The zero-order valence-corrected chi connectivity index (χ0v) is 12.2. The second-order valence-electron chi connectivity index (χ2n) is 4.24. The zero-order chi connectivity index (χ0) is 16.7. The second-order valence-corrected chi connectivity index (χ2v) is 7.02. The first-order chi connectivity index (χ1) is 10.00. The first-order valence-corrected chi connectivity index (χ1v) is 8.42. The van der Waals surface area contributed by atoms with Gasteiger partial charge in [-0.05, 0) is 35.4 Å². The van der Waals surface area contributed by atoms with Crippen LogP contribution in [-0.4, -0.2) is 25.9 Å². The Kier molecular flexibility index (Phi) is 4.04. The van der Waals surface area contributed by atoms with Crippen LogP contribution >= 0.6 is 0 Å². The molecule has 118 valence electrons. The van der Waals surface area contributed by atoms with Gasteiger partial charge in [0.2, 0.25) is 0 Å². The second kappa shape index (κ2) is 5.39. The van der Waals surface area contributed by atoms with Gasteiger partial charge in [0, 0.05) is 0 Å². The van der Waals surface area contributed by atoms with Gasteiger partial charge < -0.3 is 0 Å². The Morgan fingerprint density at radius 2 is 1.00 bits per heavy atom. The Morgan fingerprint density at radius 3 is 1.27 bits per heavy atom. The molecular formula is C12H8F2O6S2. The van der Waals surface area contributed by atoms with E-state index in [1.54, 1.807) is 0 Å². The van der Waals surface area contributed by atoms with Gasteiger partial charge in [-0.1, -0.05) is 12.1 Å². The van der Waals surface area contributed by atoms with Crippen molar-refractivity contribution in [1.29, 1.82) is 0 Å². The van der Waals surface area contributed by atoms with E-state index in [0.29, 0.717) is 0 Å². The molecule has 0 bridgehead atoms. The molecular weight excluding hydrogens is 342 g/mol. The average molecular weight is 350 g/mol. The van der Waals surface area contributed by atoms with Crippen molar-refractivity contribution < 1.29 is 34.7 Å². The lowest BCUT2D eigenvalue weighted by Gasteiger charge is -2.07. The fourth-order valence-corrected chi connectivity index (χ4v) is 2.94. The van der Waals surface area contributed by atoms with Crippen molar-refractivity contribution >= 4 is 20.2 Å². The smallest absolute Gasteiger partial charge is 0.282 e. The van der Waals surface area contributed by atoms with Crippen molar-refractivity contribution in [2.75, 3.05) is 0 Å². The Labute approximate surface area is 124 Å². The van der Waals surface area contributed by atoms with Gasteiger partial charge in [-0.25, -0.2) is 8.78 Å². The van der Waals surface area contributed by atoms with E-state index in [1.807, 2.05) is 0 Å². The molecule has 0 aliphatic heterocycles. The molecule has 2 aromatic carbocycles. The fourth-order valence-electron chi connectivity index (χ4n) is 1.76. The van der Waals surface area contributed by atoms with E-state index >= 15 is 0 Å². The summed E-state index contributed by atoms with van der Waals surface area (Å²) < 4.78 is 88.7. The van der Waals surface area contributed by atoms with E-state index in [4.69, 9.17) is 9.11 Å². The molecule has 0 saturated heterocycles. The minimum atomic E-state index is -4.83. The highest BCUT2D eigenvalue weighted by atomic mass is 32.2. The molecule has 6 nitrogen and oxygen atoms in total. The van der Waals surface area contributed by atoms with Crippen molar-refractivity contribution in [2.24, 2.45) is 0 Å². The molecule has 0 radical (unpaired) electrons. The highest BCUT2D eigenvalue weighted by Gasteiger charge is 2.19. The lowest BCUT2D eigenvalue weighted by Crippen LogP contribution is -2.03. The molecule has 0 spiro atoms. The van der Waals surface area contributed by atoms with Gasteiger partial charge in [-0.2, -0.15) is 16.8 Å². The maximum Gasteiger partial charge on any atom is 0.297 e. The van der Waals surface area contributed by atoms with Gasteiger partial charge in [0.25, 0.3) is 20.2 Å². The fraction of sp³-hybridized carbons (Fsp3) is 0. The lowest BCUT2D eigenvalue weighted by molar-refractivity contribution is 0.470. The molecule has 0 aromatic heterocycles. The normalized spacial score (nSPS) is 12.4. The predicted octanol–water partition coefficient (Wildman–Crippen LogP) is 2.13. The van der Waals surface area contributed by atoms with E-state index < -0.39 is 41.7 Å². The third-order valence-corrected chi connectivity index (χ3v) is 4.49. The van der Waals surface area contributed by atoms with Crippen LogP contribution in [0, 0.1) is 11.6 Å². The van der Waals surface area contributed by atoms with Gasteiger partial charge in [0.1, 0.15) is 21.4 Å². The first-order valence-electron chi connectivity index (χ1n) is 5.54. The summed E-state index contributed by atoms with van der Waals surface area (Å²) in [5.74, 6) is -2.41. The molecule has 2 N–H and O–H groups in total. The molecule has 0 unspecified atom stereocenters. The van der Waals surface area contributed by atoms with Crippen LogP contribution in [0.5, 0.6) is 0 Å². The third kappa shape index (κ3) is 3.30. The van der Waals surface area contributed by atoms with Crippen LogP contribution in [-0.2, 0) is 20.2 Å². The highest BCUT2D eigenvalue weighted by Crippen LogP contribution is 2.27. The summed E-state index contributed by atoms with van der Waals surface area (Å²) in [6, 6.07) is 5.21. The molecule has 0 heterocycles. The standard InChI is InChI=1S/C12H8F2O6S2/c13-9-3-1-7(5-11(9)21(15,16)17)8-2-4-10(14)12(6-8)22(18,19)20/h1-6H,(H,15,16,17)(H,18,19,20). The Balaban J connectivity index is 2.69. The van der Waals surface area contributed by atoms with E-state index in [0.717, 1.165) is 36.4 Å². The number of halogens is 2. The first kappa shape index (κ1) is 16.5. The van der Waals surface area contributed by atoms with Crippen LogP contribution in [0.1, 0.15) is 0 Å². The summed E-state index contributed by atoms with van der Waals surface area (Å²) in [5.41, 5.74) is -0.00199.